The molecule has 32 heavy (non-hydrogen) atoms. The topological polar surface area (TPSA) is 94.5 Å². The molecule has 1 amide bonds. The fraction of sp³-hybridized carbons (Fsp3) is 0.500. The molecule has 1 aromatic carbocycles. The second-order valence-electron chi connectivity index (χ2n) is 8.08. The molecule has 8 nitrogen and oxygen atoms in total. The molecule has 1 fully saturated rings. The van der Waals surface area contributed by atoms with Crippen molar-refractivity contribution in [3.63, 3.8) is 0 Å². The number of ether oxygens (including phenoxy) is 3. The molecule has 1 aliphatic carbocycles. The maximum Gasteiger partial charge on any atom is 0.344 e. The largest absolute Gasteiger partial charge is 0.462 e. The monoisotopic (exact) mass is 440 g/mol. The van der Waals surface area contributed by atoms with Gasteiger partial charge in [0, 0.05) is 12.6 Å². The number of benzene rings is 1. The number of aliphatic imine (C=N–C) groups is 1. The van der Waals surface area contributed by atoms with Gasteiger partial charge in [-0.3, -0.25) is 4.79 Å². The third-order valence-electron chi connectivity index (χ3n) is 6.15. The van der Waals surface area contributed by atoms with E-state index in [0.29, 0.717) is 11.3 Å². The maximum atomic E-state index is 13.6. The second-order valence-corrected chi connectivity index (χ2v) is 8.08. The number of amides is 1. The van der Waals surface area contributed by atoms with E-state index < -0.39 is 23.4 Å². The molecule has 0 N–H and O–H groups in total. The van der Waals surface area contributed by atoms with Crippen molar-refractivity contribution in [2.24, 2.45) is 4.99 Å². The van der Waals surface area contributed by atoms with Gasteiger partial charge in [0.15, 0.2) is 0 Å². The molecule has 0 saturated heterocycles. The first-order chi connectivity index (χ1) is 15.5. The average Bonchev–Trinajstić information content (AvgIpc) is 3.24. The molecule has 4 rings (SSSR count). The summed E-state index contributed by atoms with van der Waals surface area (Å²) in [4.78, 5) is 46.1. The fourth-order valence-corrected chi connectivity index (χ4v) is 4.70. The Kier molecular flexibility index (Phi) is 6.04. The molecule has 170 valence electrons. The molecule has 8 heteroatoms. The van der Waals surface area contributed by atoms with E-state index in [1.165, 1.54) is 4.90 Å². The maximum absolute atomic E-state index is 13.6. The lowest BCUT2D eigenvalue weighted by Gasteiger charge is -2.25. The lowest BCUT2D eigenvalue weighted by atomic mass is 9.86. The van der Waals surface area contributed by atoms with Crippen LogP contribution in [0.1, 0.15) is 51.5 Å². The van der Waals surface area contributed by atoms with Crippen LogP contribution in [0, 0.1) is 0 Å². The summed E-state index contributed by atoms with van der Waals surface area (Å²) >= 11 is 0. The van der Waals surface area contributed by atoms with E-state index >= 15 is 0 Å². The van der Waals surface area contributed by atoms with E-state index in [9.17, 15) is 14.4 Å². The lowest BCUT2D eigenvalue weighted by Crippen LogP contribution is -2.43. The summed E-state index contributed by atoms with van der Waals surface area (Å²) in [6, 6.07) is 7.01. The summed E-state index contributed by atoms with van der Waals surface area (Å²) in [5.41, 5.74) is -1.02. The van der Waals surface area contributed by atoms with Gasteiger partial charge in [0.25, 0.3) is 5.91 Å². The van der Waals surface area contributed by atoms with Crippen molar-refractivity contribution >= 4 is 29.4 Å². The molecule has 1 saturated carbocycles. The Morgan fingerprint density at radius 3 is 2.44 bits per heavy atom. The van der Waals surface area contributed by atoms with E-state index in [1.807, 2.05) is 0 Å². The highest BCUT2D eigenvalue weighted by atomic mass is 16.6. The Hall–Kier alpha value is -3.16. The van der Waals surface area contributed by atoms with Crippen molar-refractivity contribution in [1.29, 1.82) is 0 Å². The molecule has 0 radical (unpaired) electrons. The van der Waals surface area contributed by atoms with Crippen molar-refractivity contribution in [3.05, 3.63) is 41.0 Å². The first-order valence-corrected chi connectivity index (χ1v) is 11.2. The van der Waals surface area contributed by atoms with Crippen molar-refractivity contribution in [3.8, 4) is 0 Å². The number of fused-ring (bicyclic) bond motifs is 2. The molecule has 0 bridgehead atoms. The van der Waals surface area contributed by atoms with E-state index in [4.69, 9.17) is 19.2 Å². The Morgan fingerprint density at radius 2 is 1.75 bits per heavy atom. The van der Waals surface area contributed by atoms with Crippen LogP contribution in [0.4, 0.5) is 5.69 Å². The highest BCUT2D eigenvalue weighted by Gasteiger charge is 2.64. The third kappa shape index (κ3) is 3.38. The molecule has 2 aliphatic heterocycles. The summed E-state index contributed by atoms with van der Waals surface area (Å²) in [6.45, 7) is 3.52. The number of nitrogens with zero attached hydrogens (tertiary/aromatic N) is 2. The highest BCUT2D eigenvalue weighted by molar-refractivity contribution is 6.28. The fourth-order valence-electron chi connectivity index (χ4n) is 4.70. The number of likely N-dealkylation sites (N-methyl/N-ethyl adjacent to an activating group) is 1. The number of rotatable bonds is 5. The predicted octanol–water partition coefficient (Wildman–Crippen LogP) is 3.04. The normalized spacial score (nSPS) is 24.2. The van der Waals surface area contributed by atoms with Crippen LogP contribution in [0.25, 0.3) is 0 Å². The molecule has 1 unspecified atom stereocenters. The van der Waals surface area contributed by atoms with Crippen molar-refractivity contribution in [1.82, 2.24) is 0 Å². The van der Waals surface area contributed by atoms with Gasteiger partial charge in [-0.25, -0.2) is 14.6 Å². The van der Waals surface area contributed by atoms with Gasteiger partial charge in [0.05, 0.1) is 24.9 Å². The van der Waals surface area contributed by atoms with Gasteiger partial charge in [-0.05, 0) is 32.8 Å². The molecular formula is C24H28N2O6. The first kappa shape index (κ1) is 22.0. The zero-order valence-corrected chi connectivity index (χ0v) is 18.7. The molecule has 2 heterocycles. The van der Waals surface area contributed by atoms with Crippen molar-refractivity contribution in [2.45, 2.75) is 57.6 Å². The number of hydrogen-bond donors (Lipinski definition) is 0. The third-order valence-corrected chi connectivity index (χ3v) is 6.15. The van der Waals surface area contributed by atoms with E-state index in [-0.39, 0.29) is 36.3 Å². The van der Waals surface area contributed by atoms with Gasteiger partial charge in [-0.1, -0.05) is 37.5 Å². The number of hydrogen-bond acceptors (Lipinski definition) is 7. The van der Waals surface area contributed by atoms with E-state index in [1.54, 1.807) is 45.2 Å². The standard InChI is InChI=1S/C24H28N2O6/c1-4-30-21(27)18-19(22(28)31-5-2)24(32-20(18)25-15-11-7-6-8-12-15)16-13-9-10-14-17(16)26(3)23(24)29/h9-10,13-15H,4-8,11-12H2,1-3H3. The first-order valence-electron chi connectivity index (χ1n) is 11.2. The minimum atomic E-state index is -1.83. The van der Waals surface area contributed by atoms with Crippen LogP contribution >= 0.6 is 0 Å². The molecule has 3 aliphatic rings. The highest BCUT2D eigenvalue weighted by Crippen LogP contribution is 2.52. The minimum absolute atomic E-state index is 0.0168. The summed E-state index contributed by atoms with van der Waals surface area (Å²) in [7, 11) is 1.61. The predicted molar refractivity (Wildman–Crippen MR) is 117 cm³/mol. The number of para-hydroxylation sites is 1. The number of esters is 2. The Balaban J connectivity index is 1.96. The summed E-state index contributed by atoms with van der Waals surface area (Å²) in [5.74, 6) is -2.03. The average molecular weight is 440 g/mol. The molecule has 1 atom stereocenters. The van der Waals surface area contributed by atoms with Crippen LogP contribution < -0.4 is 4.90 Å². The van der Waals surface area contributed by atoms with Gasteiger partial charge >= 0.3 is 11.9 Å². The number of anilines is 1. The smallest absolute Gasteiger partial charge is 0.344 e. The summed E-state index contributed by atoms with van der Waals surface area (Å²) in [5, 5.41) is 0. The SMILES string of the molecule is CCOC(=O)C1=C(C(=O)OCC)C2(OC1=NC1CCCCC1)C(=O)N(C)c1ccccc12. The Labute approximate surface area is 187 Å². The van der Waals surface area contributed by atoms with Gasteiger partial charge in [0.1, 0.15) is 11.1 Å². The lowest BCUT2D eigenvalue weighted by molar-refractivity contribution is -0.145. The van der Waals surface area contributed by atoms with Crippen LogP contribution in [0.15, 0.2) is 40.4 Å². The van der Waals surface area contributed by atoms with Crippen LogP contribution in [0.5, 0.6) is 0 Å². The van der Waals surface area contributed by atoms with Crippen LogP contribution in [-0.4, -0.2) is 50.0 Å². The molecular weight excluding hydrogens is 412 g/mol. The zero-order valence-electron chi connectivity index (χ0n) is 18.7. The van der Waals surface area contributed by atoms with Crippen LogP contribution in [0.3, 0.4) is 0 Å². The molecule has 1 spiro atoms. The van der Waals surface area contributed by atoms with Crippen molar-refractivity contribution in [2.75, 3.05) is 25.2 Å². The van der Waals surface area contributed by atoms with E-state index in [2.05, 4.69) is 0 Å². The quantitative estimate of drug-likeness (QED) is 0.653. The molecule has 0 aromatic heterocycles. The number of carbonyl (C=O) groups excluding carboxylic acids is 3. The summed E-state index contributed by atoms with van der Waals surface area (Å²) < 4.78 is 16.8. The van der Waals surface area contributed by atoms with Gasteiger partial charge in [-0.2, -0.15) is 0 Å². The Morgan fingerprint density at radius 1 is 1.09 bits per heavy atom. The van der Waals surface area contributed by atoms with Crippen LogP contribution in [0.2, 0.25) is 0 Å². The van der Waals surface area contributed by atoms with Gasteiger partial charge < -0.3 is 19.1 Å². The van der Waals surface area contributed by atoms with Gasteiger partial charge in [0.2, 0.25) is 11.5 Å². The number of carbonyl (C=O) groups is 3. The summed E-state index contributed by atoms with van der Waals surface area (Å²) in [6.07, 6.45) is 4.91. The molecule has 1 aromatic rings. The minimum Gasteiger partial charge on any atom is -0.462 e. The second kappa shape index (κ2) is 8.76. The Bertz CT molecular complexity index is 1010. The zero-order chi connectivity index (χ0) is 22.9. The van der Waals surface area contributed by atoms with Gasteiger partial charge in [-0.15, -0.1) is 0 Å². The van der Waals surface area contributed by atoms with E-state index in [0.717, 1.165) is 32.1 Å². The van der Waals surface area contributed by atoms with Crippen molar-refractivity contribution < 1.29 is 28.6 Å². The van der Waals surface area contributed by atoms with Crippen LogP contribution in [-0.2, 0) is 34.2 Å².